The molecule has 1 unspecified atom stereocenters. The lowest BCUT2D eigenvalue weighted by molar-refractivity contribution is 0.517. The van der Waals surface area contributed by atoms with Gasteiger partial charge in [0, 0.05) is 23.9 Å². The van der Waals surface area contributed by atoms with Gasteiger partial charge in [-0.2, -0.15) is 0 Å². The second kappa shape index (κ2) is 5.72. The largest absolute Gasteiger partial charge is 0.295 e. The van der Waals surface area contributed by atoms with Crippen LogP contribution < -0.4 is 5.56 Å². The normalized spacial score (nSPS) is 12.5. The van der Waals surface area contributed by atoms with Crippen molar-refractivity contribution in [3.63, 3.8) is 0 Å². The van der Waals surface area contributed by atoms with E-state index in [1.54, 1.807) is 10.9 Å². The van der Waals surface area contributed by atoms with Gasteiger partial charge in [0.2, 0.25) is 0 Å². The Morgan fingerprint density at radius 1 is 1.14 bits per heavy atom. The molecule has 0 amide bonds. The Bertz CT molecular complexity index is 883. The molecule has 2 aromatic heterocycles. The number of aryl methyl sites for hydroxylation is 2. The summed E-state index contributed by atoms with van der Waals surface area (Å²) in [5.41, 5.74) is 3.71. The van der Waals surface area contributed by atoms with E-state index in [-0.39, 0.29) is 11.6 Å². The van der Waals surface area contributed by atoms with Crippen LogP contribution in [0.5, 0.6) is 0 Å². The highest BCUT2D eigenvalue weighted by atomic mass is 16.1. The van der Waals surface area contributed by atoms with Crippen LogP contribution in [-0.2, 0) is 6.42 Å². The number of rotatable bonds is 3. The predicted octanol–water partition coefficient (Wildman–Crippen LogP) is 3.21. The first-order chi connectivity index (χ1) is 10.6. The van der Waals surface area contributed by atoms with Crippen molar-refractivity contribution in [3.05, 3.63) is 70.0 Å². The lowest BCUT2D eigenvalue weighted by Gasteiger charge is -2.15. The molecule has 3 aromatic rings. The van der Waals surface area contributed by atoms with Crippen molar-refractivity contribution in [2.45, 2.75) is 33.2 Å². The van der Waals surface area contributed by atoms with E-state index in [4.69, 9.17) is 0 Å². The fourth-order valence-corrected chi connectivity index (χ4v) is 2.77. The minimum Gasteiger partial charge on any atom is -0.295 e. The molecule has 2 heterocycles. The highest BCUT2D eigenvalue weighted by Crippen LogP contribution is 2.15. The van der Waals surface area contributed by atoms with Crippen molar-refractivity contribution in [1.29, 1.82) is 0 Å². The van der Waals surface area contributed by atoms with Crippen LogP contribution in [0.3, 0.4) is 0 Å². The molecule has 4 heteroatoms. The van der Waals surface area contributed by atoms with Crippen molar-refractivity contribution in [2.75, 3.05) is 0 Å². The molecule has 0 aliphatic carbocycles. The first-order valence-corrected chi connectivity index (χ1v) is 7.45. The SMILES string of the molecule is Cc1cccc(CC(C)n2cnc3cccc(C)c3c2=O)n1. The highest BCUT2D eigenvalue weighted by Gasteiger charge is 2.12. The van der Waals surface area contributed by atoms with Gasteiger partial charge in [-0.1, -0.05) is 18.2 Å². The van der Waals surface area contributed by atoms with Gasteiger partial charge >= 0.3 is 0 Å². The van der Waals surface area contributed by atoms with Gasteiger partial charge in [-0.3, -0.25) is 14.3 Å². The van der Waals surface area contributed by atoms with Gasteiger partial charge in [-0.05, 0) is 44.5 Å². The molecule has 3 rings (SSSR count). The minimum atomic E-state index is 0.0123. The third kappa shape index (κ3) is 2.64. The average molecular weight is 293 g/mol. The maximum Gasteiger partial charge on any atom is 0.261 e. The van der Waals surface area contributed by atoms with Gasteiger partial charge in [-0.15, -0.1) is 0 Å². The van der Waals surface area contributed by atoms with E-state index >= 15 is 0 Å². The maximum absolute atomic E-state index is 12.8. The molecule has 1 atom stereocenters. The van der Waals surface area contributed by atoms with E-state index < -0.39 is 0 Å². The summed E-state index contributed by atoms with van der Waals surface area (Å²) in [6, 6.07) is 11.7. The molecule has 22 heavy (non-hydrogen) atoms. The van der Waals surface area contributed by atoms with Gasteiger partial charge in [0.1, 0.15) is 0 Å². The molecular formula is C18H19N3O. The Balaban J connectivity index is 2.01. The number of nitrogens with zero attached hydrogens (tertiary/aromatic N) is 3. The number of hydrogen-bond donors (Lipinski definition) is 0. The van der Waals surface area contributed by atoms with E-state index in [1.165, 1.54) is 0 Å². The predicted molar refractivity (Wildman–Crippen MR) is 88.1 cm³/mol. The molecule has 4 nitrogen and oxygen atoms in total. The summed E-state index contributed by atoms with van der Waals surface area (Å²) in [6.45, 7) is 5.95. The van der Waals surface area contributed by atoms with E-state index in [2.05, 4.69) is 9.97 Å². The Kier molecular flexibility index (Phi) is 3.75. The minimum absolute atomic E-state index is 0.0123. The van der Waals surface area contributed by atoms with Gasteiger partial charge in [-0.25, -0.2) is 4.98 Å². The van der Waals surface area contributed by atoms with Crippen LogP contribution in [0.4, 0.5) is 0 Å². The summed E-state index contributed by atoms with van der Waals surface area (Å²) < 4.78 is 1.71. The molecule has 0 fully saturated rings. The van der Waals surface area contributed by atoms with Crippen LogP contribution in [0, 0.1) is 13.8 Å². The van der Waals surface area contributed by atoms with Crippen molar-refractivity contribution >= 4 is 10.9 Å². The van der Waals surface area contributed by atoms with Crippen LogP contribution in [-0.4, -0.2) is 14.5 Å². The second-order valence-electron chi connectivity index (χ2n) is 5.75. The van der Waals surface area contributed by atoms with Gasteiger partial charge in [0.25, 0.3) is 5.56 Å². The zero-order valence-electron chi connectivity index (χ0n) is 13.1. The van der Waals surface area contributed by atoms with Crippen LogP contribution in [0.25, 0.3) is 10.9 Å². The molecule has 0 saturated carbocycles. The summed E-state index contributed by atoms with van der Waals surface area (Å²) in [7, 11) is 0. The van der Waals surface area contributed by atoms with E-state index in [0.29, 0.717) is 11.8 Å². The summed E-state index contributed by atoms with van der Waals surface area (Å²) in [4.78, 5) is 21.7. The molecule has 0 aliphatic heterocycles. The number of fused-ring (bicyclic) bond motifs is 1. The third-order valence-corrected chi connectivity index (χ3v) is 3.95. The Morgan fingerprint density at radius 2 is 1.91 bits per heavy atom. The summed E-state index contributed by atoms with van der Waals surface area (Å²) >= 11 is 0. The fraction of sp³-hybridized carbons (Fsp3) is 0.278. The lowest BCUT2D eigenvalue weighted by atomic mass is 10.1. The van der Waals surface area contributed by atoms with Gasteiger partial charge in [0.05, 0.1) is 17.2 Å². The Morgan fingerprint density at radius 3 is 2.68 bits per heavy atom. The van der Waals surface area contributed by atoms with E-state index in [1.807, 2.05) is 57.2 Å². The van der Waals surface area contributed by atoms with E-state index in [9.17, 15) is 4.79 Å². The summed E-state index contributed by atoms with van der Waals surface area (Å²) in [6.07, 6.45) is 2.35. The van der Waals surface area contributed by atoms with E-state index in [0.717, 1.165) is 22.5 Å². The molecule has 1 aromatic carbocycles. The maximum atomic E-state index is 12.8. The monoisotopic (exact) mass is 293 g/mol. The molecule has 112 valence electrons. The molecule has 0 N–H and O–H groups in total. The lowest BCUT2D eigenvalue weighted by Crippen LogP contribution is -2.25. The fourth-order valence-electron chi connectivity index (χ4n) is 2.77. The van der Waals surface area contributed by atoms with Gasteiger partial charge < -0.3 is 0 Å². The first-order valence-electron chi connectivity index (χ1n) is 7.45. The quantitative estimate of drug-likeness (QED) is 0.745. The van der Waals surface area contributed by atoms with Crippen molar-refractivity contribution in [1.82, 2.24) is 14.5 Å². The first kappa shape index (κ1) is 14.4. The average Bonchev–Trinajstić information content (AvgIpc) is 2.47. The van der Waals surface area contributed by atoms with Crippen LogP contribution in [0.15, 0.2) is 47.5 Å². The van der Waals surface area contributed by atoms with Crippen LogP contribution in [0.2, 0.25) is 0 Å². The van der Waals surface area contributed by atoms with Crippen molar-refractivity contribution < 1.29 is 0 Å². The zero-order valence-corrected chi connectivity index (χ0v) is 13.1. The van der Waals surface area contributed by atoms with Crippen LogP contribution in [0.1, 0.15) is 29.9 Å². The second-order valence-corrected chi connectivity index (χ2v) is 5.75. The Hall–Kier alpha value is -2.49. The third-order valence-electron chi connectivity index (χ3n) is 3.95. The standard InChI is InChI=1S/C18H19N3O/c1-12-6-4-9-16-17(12)18(22)21(11-19-16)14(3)10-15-8-5-7-13(2)20-15/h4-9,11,14H,10H2,1-3H3. The molecular weight excluding hydrogens is 274 g/mol. The number of benzene rings is 1. The number of hydrogen-bond acceptors (Lipinski definition) is 3. The summed E-state index contributed by atoms with van der Waals surface area (Å²) in [5.74, 6) is 0. The molecule has 0 radical (unpaired) electrons. The Labute approximate surface area is 129 Å². The molecule has 0 aliphatic rings. The smallest absolute Gasteiger partial charge is 0.261 e. The summed E-state index contributed by atoms with van der Waals surface area (Å²) in [5, 5.41) is 0.703. The molecule has 0 saturated heterocycles. The highest BCUT2D eigenvalue weighted by molar-refractivity contribution is 5.80. The zero-order chi connectivity index (χ0) is 15.7. The number of aromatic nitrogens is 3. The van der Waals surface area contributed by atoms with Crippen molar-refractivity contribution in [2.24, 2.45) is 0 Å². The molecule has 0 bridgehead atoms. The van der Waals surface area contributed by atoms with Crippen LogP contribution >= 0.6 is 0 Å². The number of pyridine rings is 1. The van der Waals surface area contributed by atoms with Crippen molar-refractivity contribution in [3.8, 4) is 0 Å². The molecule has 0 spiro atoms. The van der Waals surface area contributed by atoms with Gasteiger partial charge in [0.15, 0.2) is 0 Å². The topological polar surface area (TPSA) is 47.8 Å².